The molecule has 0 unspecified atom stereocenters. The van der Waals surface area contributed by atoms with Crippen LogP contribution < -0.4 is 11.5 Å². The van der Waals surface area contributed by atoms with E-state index in [4.69, 9.17) is 27.0 Å². The Balaban J connectivity index is 1.85. The molecule has 2 aromatic carbocycles. The number of ether oxygens (including phenoxy) is 1. The second-order valence-corrected chi connectivity index (χ2v) is 6.99. The van der Waals surface area contributed by atoms with Gasteiger partial charge in [0, 0.05) is 30.1 Å². The van der Waals surface area contributed by atoms with Gasteiger partial charge in [-0.1, -0.05) is 48.5 Å². The number of nitrogens with one attached hydrogen (secondary N) is 2. The van der Waals surface area contributed by atoms with Gasteiger partial charge in [-0.3, -0.25) is 10.8 Å². The van der Waals surface area contributed by atoms with E-state index < -0.39 is 0 Å². The van der Waals surface area contributed by atoms with E-state index in [1.54, 1.807) is 25.3 Å². The van der Waals surface area contributed by atoms with Crippen molar-refractivity contribution in [3.05, 3.63) is 94.3 Å². The molecule has 3 rings (SSSR count). The summed E-state index contributed by atoms with van der Waals surface area (Å²) in [6.45, 7) is 2.67. The molecule has 0 atom stereocenters. The molecule has 3 aromatic rings. The van der Waals surface area contributed by atoms with Gasteiger partial charge in [0.05, 0.1) is 12.2 Å². The van der Waals surface area contributed by atoms with Crippen molar-refractivity contribution in [3.8, 4) is 0 Å². The number of carbonyl (C=O) groups excluding carboxylic acids is 1. The van der Waals surface area contributed by atoms with Crippen LogP contribution in [0.25, 0.3) is 0 Å². The van der Waals surface area contributed by atoms with Gasteiger partial charge in [-0.25, -0.2) is 4.79 Å². The number of carbonyl (C=O) groups is 1. The molecule has 0 fully saturated rings. The van der Waals surface area contributed by atoms with Crippen LogP contribution in [-0.4, -0.2) is 28.8 Å². The molecule has 0 amide bonds. The Kier molecular flexibility index (Phi) is 6.32. The van der Waals surface area contributed by atoms with E-state index in [9.17, 15) is 4.79 Å². The predicted octanol–water partition coefficient (Wildman–Crippen LogP) is 2.87. The van der Waals surface area contributed by atoms with Crippen LogP contribution in [0.3, 0.4) is 0 Å². The van der Waals surface area contributed by atoms with Crippen molar-refractivity contribution in [2.45, 2.75) is 19.9 Å². The van der Waals surface area contributed by atoms with E-state index >= 15 is 0 Å². The normalized spacial score (nSPS) is 10.6. The molecule has 1 aromatic heterocycles. The number of benzene rings is 2. The topological polar surface area (TPSA) is 131 Å². The summed E-state index contributed by atoms with van der Waals surface area (Å²) < 4.78 is 7.18. The lowest BCUT2D eigenvalue weighted by Gasteiger charge is -2.05. The average molecular weight is 403 g/mol. The average Bonchev–Trinajstić information content (AvgIpc) is 3.11. The van der Waals surface area contributed by atoms with Crippen molar-refractivity contribution >= 4 is 17.6 Å². The van der Waals surface area contributed by atoms with Gasteiger partial charge in [-0.2, -0.15) is 0 Å². The van der Waals surface area contributed by atoms with Gasteiger partial charge in [0.2, 0.25) is 0 Å². The third-order valence-electron chi connectivity index (χ3n) is 4.75. The summed E-state index contributed by atoms with van der Waals surface area (Å²) in [6, 6.07) is 14.9. The van der Waals surface area contributed by atoms with Gasteiger partial charge in [0.1, 0.15) is 11.7 Å². The molecule has 7 heteroatoms. The van der Waals surface area contributed by atoms with Gasteiger partial charge < -0.3 is 20.8 Å². The number of nitrogens with zero attached hydrogens (tertiary/aromatic N) is 1. The molecule has 0 saturated heterocycles. The van der Waals surface area contributed by atoms with Gasteiger partial charge in [0.15, 0.2) is 0 Å². The molecular weight excluding hydrogens is 378 g/mol. The molecule has 6 N–H and O–H groups in total. The molecule has 0 aliphatic rings. The highest BCUT2D eigenvalue weighted by molar-refractivity contribution is 5.95. The van der Waals surface area contributed by atoms with E-state index in [-0.39, 0.29) is 17.6 Å². The fraction of sp³-hybridized carbons (Fsp3) is 0.174. The highest BCUT2D eigenvalue weighted by Gasteiger charge is 2.16. The Morgan fingerprint density at radius 3 is 1.93 bits per heavy atom. The summed E-state index contributed by atoms with van der Waals surface area (Å²) in [7, 11) is 0. The van der Waals surface area contributed by atoms with Crippen LogP contribution in [0.15, 0.2) is 60.9 Å². The molecule has 0 saturated carbocycles. The molecular formula is C23H25N5O2. The number of rotatable bonds is 8. The van der Waals surface area contributed by atoms with Gasteiger partial charge in [-0.05, 0) is 30.0 Å². The summed E-state index contributed by atoms with van der Waals surface area (Å²) in [5, 5.41) is 15.0. The molecule has 1 heterocycles. The maximum atomic E-state index is 12.5. The van der Waals surface area contributed by atoms with Crippen LogP contribution in [0.4, 0.5) is 0 Å². The highest BCUT2D eigenvalue weighted by atomic mass is 16.5. The zero-order chi connectivity index (χ0) is 21.7. The quantitative estimate of drug-likeness (QED) is 0.262. The largest absolute Gasteiger partial charge is 0.462 e. The third-order valence-corrected chi connectivity index (χ3v) is 4.75. The predicted molar refractivity (Wildman–Crippen MR) is 117 cm³/mol. The number of hydrogen-bond donors (Lipinski definition) is 4. The lowest BCUT2D eigenvalue weighted by atomic mass is 10.0. The number of aromatic nitrogens is 1. The Hall–Kier alpha value is -3.87. The van der Waals surface area contributed by atoms with Crippen molar-refractivity contribution in [3.63, 3.8) is 0 Å². The number of nitrogens with two attached hydrogens (primary N) is 2. The summed E-state index contributed by atoms with van der Waals surface area (Å²) in [6.07, 6.45) is 4.31. The van der Waals surface area contributed by atoms with E-state index in [1.165, 1.54) is 0 Å². The molecule has 7 nitrogen and oxygen atoms in total. The number of nitrogen functional groups attached to an aromatic ring is 2. The van der Waals surface area contributed by atoms with Crippen molar-refractivity contribution in [1.82, 2.24) is 4.57 Å². The third kappa shape index (κ3) is 4.94. The zero-order valence-electron chi connectivity index (χ0n) is 16.8. The first-order valence-electron chi connectivity index (χ1n) is 9.59. The van der Waals surface area contributed by atoms with Crippen molar-refractivity contribution in [2.75, 3.05) is 6.61 Å². The molecule has 154 valence electrons. The van der Waals surface area contributed by atoms with Crippen LogP contribution in [0.5, 0.6) is 0 Å². The molecule has 0 radical (unpaired) electrons. The first-order chi connectivity index (χ1) is 14.4. The summed E-state index contributed by atoms with van der Waals surface area (Å²) in [5.41, 5.74) is 15.8. The van der Waals surface area contributed by atoms with Gasteiger partial charge in [-0.15, -0.1) is 0 Å². The second-order valence-electron chi connectivity index (χ2n) is 6.99. The maximum Gasteiger partial charge on any atom is 0.339 e. The summed E-state index contributed by atoms with van der Waals surface area (Å²) in [5.74, 6) is -0.292. The molecule has 30 heavy (non-hydrogen) atoms. The number of hydrogen-bond acceptors (Lipinski definition) is 4. The van der Waals surface area contributed by atoms with E-state index in [0.717, 1.165) is 16.7 Å². The Bertz CT molecular complexity index is 1070. The number of esters is 1. The van der Waals surface area contributed by atoms with Gasteiger partial charge >= 0.3 is 5.97 Å². The lowest BCUT2D eigenvalue weighted by Crippen LogP contribution is -2.10. The minimum absolute atomic E-state index is 0.0238. The van der Waals surface area contributed by atoms with Crippen molar-refractivity contribution in [2.24, 2.45) is 11.5 Å². The SMILES string of the molecule is CCOC(=O)c1cn(Cc2ccc(C(=N)N)cc2)cc1Cc1ccc(C(=N)N)cc1. The van der Waals surface area contributed by atoms with Crippen LogP contribution in [0, 0.1) is 10.8 Å². The van der Waals surface area contributed by atoms with Crippen molar-refractivity contribution < 1.29 is 9.53 Å². The Labute approximate surface area is 175 Å². The fourth-order valence-electron chi connectivity index (χ4n) is 3.20. The Morgan fingerprint density at radius 2 is 1.43 bits per heavy atom. The van der Waals surface area contributed by atoms with E-state index in [0.29, 0.717) is 36.3 Å². The molecule has 0 aliphatic heterocycles. The standard InChI is InChI=1S/C23H25N5O2/c1-2-30-23(29)20-14-28(12-16-5-9-18(10-6-16)22(26)27)13-19(20)11-15-3-7-17(8-4-15)21(24)25/h3-10,13-14H,2,11-12H2,1H3,(H3,24,25)(H3,26,27). The minimum atomic E-state index is -0.349. The second kappa shape index (κ2) is 9.09. The summed E-state index contributed by atoms with van der Waals surface area (Å²) in [4.78, 5) is 12.5. The van der Waals surface area contributed by atoms with E-state index in [1.807, 2.05) is 47.2 Å². The van der Waals surface area contributed by atoms with Crippen LogP contribution in [0.2, 0.25) is 0 Å². The Morgan fingerprint density at radius 1 is 0.900 bits per heavy atom. The minimum Gasteiger partial charge on any atom is -0.462 e. The van der Waals surface area contributed by atoms with Crippen LogP contribution in [0.1, 0.15) is 45.1 Å². The summed E-state index contributed by atoms with van der Waals surface area (Å²) >= 11 is 0. The number of amidine groups is 2. The zero-order valence-corrected chi connectivity index (χ0v) is 16.8. The maximum absolute atomic E-state index is 12.5. The molecule has 0 spiro atoms. The fourth-order valence-corrected chi connectivity index (χ4v) is 3.20. The lowest BCUT2D eigenvalue weighted by molar-refractivity contribution is 0.0525. The van der Waals surface area contributed by atoms with Crippen molar-refractivity contribution in [1.29, 1.82) is 10.8 Å². The van der Waals surface area contributed by atoms with Crippen LogP contribution in [-0.2, 0) is 17.7 Å². The first-order valence-corrected chi connectivity index (χ1v) is 9.59. The molecule has 0 bridgehead atoms. The van der Waals surface area contributed by atoms with Crippen LogP contribution >= 0.6 is 0 Å². The van der Waals surface area contributed by atoms with Gasteiger partial charge in [0.25, 0.3) is 0 Å². The molecule has 0 aliphatic carbocycles. The first kappa shape index (κ1) is 20.9. The monoisotopic (exact) mass is 403 g/mol. The van der Waals surface area contributed by atoms with E-state index in [2.05, 4.69) is 0 Å². The smallest absolute Gasteiger partial charge is 0.339 e. The highest BCUT2D eigenvalue weighted by Crippen LogP contribution is 2.19.